The Morgan fingerprint density at radius 1 is 1.32 bits per heavy atom. The number of nitrogens with zero attached hydrogens (tertiary/aromatic N) is 2. The average Bonchev–Trinajstić information content (AvgIpc) is 3.36. The van der Waals surface area contributed by atoms with E-state index in [0.717, 1.165) is 23.4 Å². The molecule has 3 N–H and O–H groups in total. The van der Waals surface area contributed by atoms with E-state index in [0.29, 0.717) is 39.9 Å². The summed E-state index contributed by atoms with van der Waals surface area (Å²) in [5.41, 5.74) is 4.27. The van der Waals surface area contributed by atoms with Crippen LogP contribution in [0.25, 0.3) is 16.8 Å². The quantitative estimate of drug-likeness (QED) is 0.264. The summed E-state index contributed by atoms with van der Waals surface area (Å²) in [4.78, 5) is 2.18. The van der Waals surface area contributed by atoms with E-state index in [-0.39, 0.29) is 11.5 Å². The van der Waals surface area contributed by atoms with Gasteiger partial charge in [0, 0.05) is 35.9 Å². The second kappa shape index (κ2) is 9.39. The molecule has 2 heterocycles. The van der Waals surface area contributed by atoms with Crippen molar-refractivity contribution in [3.05, 3.63) is 65.7 Å². The molecule has 1 aliphatic rings. The number of aryl methyl sites for hydroxylation is 1. The van der Waals surface area contributed by atoms with Gasteiger partial charge in [0.25, 0.3) is 0 Å². The molecule has 0 bridgehead atoms. The van der Waals surface area contributed by atoms with Crippen molar-refractivity contribution in [1.82, 2.24) is 15.1 Å². The van der Waals surface area contributed by atoms with Crippen molar-refractivity contribution >= 4 is 18.2 Å². The summed E-state index contributed by atoms with van der Waals surface area (Å²) in [6, 6.07) is 3.42. The molecular weight excluding hydrogens is 410 g/mol. The third-order valence-electron chi connectivity index (χ3n) is 5.30. The molecule has 0 atom stereocenters. The molecule has 0 unspecified atom stereocenters. The first kappa shape index (κ1) is 22.6. The lowest BCUT2D eigenvalue weighted by atomic mass is 9.98. The zero-order chi connectivity index (χ0) is 22.7. The summed E-state index contributed by atoms with van der Waals surface area (Å²) in [5, 5.41) is 28.1. The minimum Gasteiger partial charge on any atom is -0.508 e. The van der Waals surface area contributed by atoms with Crippen LogP contribution in [0.2, 0.25) is 0 Å². The number of hydrogen-bond donors (Lipinski definition) is 4. The average molecular weight is 440 g/mol. The number of phenolic OH excluding ortho intramolecular Hbond substituents is 2. The summed E-state index contributed by atoms with van der Waals surface area (Å²) in [6.45, 7) is 10.4. The Morgan fingerprint density at radius 3 is 2.71 bits per heavy atom. The van der Waals surface area contributed by atoms with Gasteiger partial charge in [-0.15, -0.1) is 12.6 Å². The van der Waals surface area contributed by atoms with Crippen molar-refractivity contribution in [1.29, 1.82) is 0 Å². The summed E-state index contributed by atoms with van der Waals surface area (Å²) in [6.07, 6.45) is 9.35. The molecule has 1 aliphatic heterocycles. The third kappa shape index (κ3) is 4.51. The summed E-state index contributed by atoms with van der Waals surface area (Å²) in [5.74, 6) is 0.770. The molecule has 1 aromatic heterocycles. The molecule has 0 amide bonds. The second-order valence-corrected chi connectivity index (χ2v) is 8.04. The highest BCUT2D eigenvalue weighted by Gasteiger charge is 2.21. The Hall–Kier alpha value is -3.06. The predicted molar refractivity (Wildman–Crippen MR) is 127 cm³/mol. The maximum atomic E-state index is 10.4. The zero-order valence-electron chi connectivity index (χ0n) is 18.3. The van der Waals surface area contributed by atoms with Gasteiger partial charge in [0.2, 0.25) is 0 Å². The van der Waals surface area contributed by atoms with Crippen LogP contribution in [0.1, 0.15) is 38.3 Å². The number of methoxy groups -OCH3 is 1. The van der Waals surface area contributed by atoms with E-state index in [1.807, 2.05) is 19.1 Å². The van der Waals surface area contributed by atoms with Gasteiger partial charge in [-0.3, -0.25) is 5.10 Å². The Morgan fingerprint density at radius 2 is 2.06 bits per heavy atom. The van der Waals surface area contributed by atoms with Crippen LogP contribution < -0.4 is 0 Å². The number of H-pyrrole nitrogens is 1. The number of rotatable bonds is 7. The lowest BCUT2D eigenvalue weighted by Crippen LogP contribution is -2.22. The maximum Gasteiger partial charge on any atom is 0.138 e. The van der Waals surface area contributed by atoms with Crippen molar-refractivity contribution in [2.75, 3.05) is 7.11 Å². The molecule has 1 aromatic carbocycles. The first-order chi connectivity index (χ1) is 14.8. The van der Waals surface area contributed by atoms with Crippen LogP contribution in [0.15, 0.2) is 59.6 Å². The highest BCUT2D eigenvalue weighted by Crippen LogP contribution is 2.39. The summed E-state index contributed by atoms with van der Waals surface area (Å²) >= 11 is 4.48. The topological polar surface area (TPSA) is 81.6 Å². The molecular formula is C24H29N3O3S. The number of ether oxygens (including phenoxy) is 1. The van der Waals surface area contributed by atoms with E-state index >= 15 is 0 Å². The fourth-order valence-corrected chi connectivity index (χ4v) is 3.97. The second-order valence-electron chi connectivity index (χ2n) is 7.61. The zero-order valence-corrected chi connectivity index (χ0v) is 19.2. The van der Waals surface area contributed by atoms with Crippen LogP contribution in [0.3, 0.4) is 0 Å². The monoisotopic (exact) mass is 439 g/mol. The maximum absolute atomic E-state index is 10.4. The van der Waals surface area contributed by atoms with Gasteiger partial charge < -0.3 is 19.8 Å². The van der Waals surface area contributed by atoms with Crippen LogP contribution >= 0.6 is 12.6 Å². The third-order valence-corrected chi connectivity index (χ3v) is 5.62. The molecule has 6 nitrogen and oxygen atoms in total. The predicted octanol–water partition coefficient (Wildman–Crippen LogP) is 5.39. The fraction of sp³-hybridized carbons (Fsp3) is 0.292. The van der Waals surface area contributed by atoms with Crippen LogP contribution in [-0.4, -0.2) is 38.5 Å². The van der Waals surface area contributed by atoms with Crippen LogP contribution in [-0.2, 0) is 11.2 Å². The molecule has 3 rings (SSSR count). The number of phenols is 2. The molecule has 0 spiro atoms. The molecule has 0 saturated heterocycles. The van der Waals surface area contributed by atoms with Gasteiger partial charge >= 0.3 is 0 Å². The largest absolute Gasteiger partial charge is 0.508 e. The minimum absolute atomic E-state index is 0.0472. The number of allylic oxidation sites excluding steroid dienone is 4. The number of benzene rings is 1. The molecule has 164 valence electrons. The van der Waals surface area contributed by atoms with E-state index in [4.69, 9.17) is 4.74 Å². The van der Waals surface area contributed by atoms with Crippen molar-refractivity contribution in [3.63, 3.8) is 0 Å². The Balaban J connectivity index is 1.98. The van der Waals surface area contributed by atoms with E-state index in [2.05, 4.69) is 60.4 Å². The molecule has 31 heavy (non-hydrogen) atoms. The number of hydrogen-bond acceptors (Lipinski definition) is 6. The first-order valence-corrected chi connectivity index (χ1v) is 10.6. The van der Waals surface area contributed by atoms with Crippen LogP contribution in [0, 0.1) is 0 Å². The number of nitrogens with one attached hydrogen (secondary N) is 1. The van der Waals surface area contributed by atoms with Crippen molar-refractivity contribution in [3.8, 4) is 22.8 Å². The highest BCUT2D eigenvalue weighted by atomic mass is 32.1. The van der Waals surface area contributed by atoms with Gasteiger partial charge in [0.15, 0.2) is 0 Å². The molecule has 0 saturated carbocycles. The number of aromatic amines is 1. The number of aromatic hydroxyl groups is 2. The number of thiol groups is 1. The van der Waals surface area contributed by atoms with E-state index in [1.54, 1.807) is 13.2 Å². The van der Waals surface area contributed by atoms with Gasteiger partial charge in [-0.25, -0.2) is 0 Å². The molecule has 0 fully saturated rings. The van der Waals surface area contributed by atoms with Crippen LogP contribution in [0.5, 0.6) is 11.5 Å². The Bertz CT molecular complexity index is 1080. The van der Waals surface area contributed by atoms with Crippen molar-refractivity contribution in [2.45, 2.75) is 44.7 Å². The Labute approximate surface area is 188 Å². The number of aromatic nitrogens is 2. The van der Waals surface area contributed by atoms with Gasteiger partial charge in [0.1, 0.15) is 22.3 Å². The molecule has 2 aromatic rings. The minimum atomic E-state index is -0.0472. The lowest BCUT2D eigenvalue weighted by Gasteiger charge is -2.24. The SMILES string of the molecule is C=C(/C=C\C(OC)=C1/CC=CN1C(C)C)c1c(S)n[nH]c1-c1cc(CC)c(O)cc1O. The van der Waals surface area contributed by atoms with Gasteiger partial charge in [-0.05, 0) is 43.5 Å². The first-order valence-electron chi connectivity index (χ1n) is 10.2. The van der Waals surface area contributed by atoms with E-state index in [9.17, 15) is 10.2 Å². The van der Waals surface area contributed by atoms with Crippen LogP contribution in [0.4, 0.5) is 0 Å². The fourth-order valence-electron chi connectivity index (χ4n) is 3.66. The van der Waals surface area contributed by atoms with E-state index < -0.39 is 0 Å². The van der Waals surface area contributed by atoms with Gasteiger partial charge in [0.05, 0.1) is 18.5 Å². The highest BCUT2D eigenvalue weighted by molar-refractivity contribution is 7.80. The Kier molecular flexibility index (Phi) is 6.85. The van der Waals surface area contributed by atoms with Crippen molar-refractivity contribution in [2.24, 2.45) is 0 Å². The molecule has 0 aliphatic carbocycles. The lowest BCUT2D eigenvalue weighted by molar-refractivity contribution is 0.277. The standard InChI is InChI=1S/C24H29N3O3S/c1-6-16-12-17(20(29)13-19(16)28)23-22(24(31)26-25-23)15(4)9-10-21(30-5)18-8-7-11-27(18)14(2)3/h7,9-14,28-29H,4,6,8H2,1-3,5H3,(H2,25,26,31)/b10-9-,21-18-. The smallest absolute Gasteiger partial charge is 0.138 e. The normalized spacial score (nSPS) is 15.4. The van der Waals surface area contributed by atoms with Gasteiger partial charge in [-0.1, -0.05) is 25.7 Å². The summed E-state index contributed by atoms with van der Waals surface area (Å²) < 4.78 is 5.65. The molecule has 0 radical (unpaired) electrons. The van der Waals surface area contributed by atoms with E-state index in [1.165, 1.54) is 6.07 Å². The van der Waals surface area contributed by atoms with Gasteiger partial charge in [-0.2, -0.15) is 5.10 Å². The summed E-state index contributed by atoms with van der Waals surface area (Å²) in [7, 11) is 1.65. The van der Waals surface area contributed by atoms with Crippen molar-refractivity contribution < 1.29 is 14.9 Å². The molecule has 7 heteroatoms.